The second kappa shape index (κ2) is 35.1. The summed E-state index contributed by atoms with van der Waals surface area (Å²) in [4.78, 5) is 26.3. The summed E-state index contributed by atoms with van der Waals surface area (Å²) >= 11 is 0. The zero-order chi connectivity index (χ0) is 82.1. The van der Waals surface area contributed by atoms with Crippen molar-refractivity contribution >= 4 is 43.9 Å². The van der Waals surface area contributed by atoms with Crippen molar-refractivity contribution in [3.05, 3.63) is 293 Å². The second-order valence-electron chi connectivity index (χ2n) is 27.8. The van der Waals surface area contributed by atoms with Crippen LogP contribution in [0.25, 0.3) is 88.4 Å². The van der Waals surface area contributed by atoms with E-state index >= 15 is 0 Å². The van der Waals surface area contributed by atoms with E-state index in [0.29, 0.717) is 94.3 Å². The summed E-state index contributed by atoms with van der Waals surface area (Å²) in [5.74, 6) is 2.32. The van der Waals surface area contributed by atoms with Gasteiger partial charge in [0.25, 0.3) is 5.92 Å². The first-order valence-corrected chi connectivity index (χ1v) is 37.7. The molecule has 0 unspecified atom stereocenters. The smallest absolute Gasteiger partial charge is 0.270 e. The van der Waals surface area contributed by atoms with E-state index in [0.717, 1.165) is 123 Å². The maximum absolute atomic E-state index is 14.7. The van der Waals surface area contributed by atoms with Crippen molar-refractivity contribution in [2.75, 3.05) is 49.1 Å². The van der Waals surface area contributed by atoms with Crippen molar-refractivity contribution in [2.24, 2.45) is 0 Å². The molecule has 26 heteroatoms. The number of nitrogens with zero attached hydrogens (tertiary/aromatic N) is 10. The zero-order valence-electron chi connectivity index (χ0n) is 65.6. The van der Waals surface area contributed by atoms with Gasteiger partial charge in [-0.05, 0) is 114 Å². The van der Waals surface area contributed by atoms with E-state index in [2.05, 4.69) is 51.2 Å². The van der Waals surface area contributed by atoms with Crippen LogP contribution in [0, 0.1) is 12.7 Å². The molecule has 0 spiro atoms. The largest absolute Gasteiger partial charge is 0.497 e. The van der Waals surface area contributed by atoms with Crippen LogP contribution in [-0.2, 0) is 58.5 Å². The first-order chi connectivity index (χ1) is 57.5. The topological polar surface area (TPSA) is 261 Å². The number of hydrogen-bond acceptors (Lipinski definition) is 19. The number of fused-ring (bicyclic) bond motifs is 6. The first kappa shape index (κ1) is 79.4. The van der Waals surface area contributed by atoms with Gasteiger partial charge >= 0.3 is 0 Å². The van der Waals surface area contributed by atoms with Crippen molar-refractivity contribution in [2.45, 2.75) is 72.4 Å². The SMILES string of the molecule is COc1ccc(-c2c(CO)n(Cc3ccc(C)cc3F)c3cc4c(cc23)OCO4)cn1.COc1ccc(-c2c(CO)n(Cc3cccc(C(C)(F)F)c3)c3ncccc23)cn1.COc1ccc(-c2c(CO)n(Cc3ccccc3)c3ncccc23)cn1.COc1cccc(Cn2c(CO)c(-c3ccc(OC)nc3)c3cc4c(cc32)OCO4)c1. The number of aliphatic hydroxyl groups excluding tert-OH is 4. The van der Waals surface area contributed by atoms with E-state index in [1.54, 1.807) is 103 Å². The standard InChI is InChI=1S/C24H21FN2O4.C24H22N2O5.C23H21F2N3O2.C21H19N3O2/c1-14-3-4-16(18(25)7-14)11-27-19-9-22-21(30-13-31-22)8-17(19)24(20(27)12-28)15-5-6-23(29-2)26-10-15;1-28-17-5-3-4-15(8-17)12-26-19-10-22-21(30-14-31-22)9-18(19)24(20(26)13-27)16-6-7-23(29-2)25-11-16;1-23(24,25)17-6-3-5-15(11-17)13-28-19(14-29)21(18-7-4-10-26-22(18)28)16-8-9-20(30-2)27-12-16;1-26-19-10-9-16(12-23-19)20-17-8-5-11-22-21(17)24(18(20)14-25)13-15-6-3-2-4-7-15/h3-10,28H,11-13H2,1-2H3;3-11,27H,12-14H2,1-2H3;3-12,29H,13-14H2,1-2H3;2-12,25H,13-14H2,1H3. The van der Waals surface area contributed by atoms with Crippen molar-refractivity contribution in [3.8, 4) is 96.8 Å². The fourth-order valence-electron chi connectivity index (χ4n) is 15.1. The molecular weight excluding hydrogens is 1510 g/mol. The highest BCUT2D eigenvalue weighted by atomic mass is 19.3. The maximum atomic E-state index is 14.7. The number of aromatic nitrogens is 10. The van der Waals surface area contributed by atoms with Gasteiger partial charge in [0.2, 0.25) is 37.1 Å². The van der Waals surface area contributed by atoms with Crippen LogP contribution in [0.15, 0.2) is 231 Å². The molecule has 0 bridgehead atoms. The molecule has 4 N–H and O–H groups in total. The van der Waals surface area contributed by atoms with Gasteiger partial charge in [-0.2, -0.15) is 0 Å². The lowest BCUT2D eigenvalue weighted by molar-refractivity contribution is 0.0174. The summed E-state index contributed by atoms with van der Waals surface area (Å²) in [6.07, 6.45) is 10.4. The second-order valence-corrected chi connectivity index (χ2v) is 27.8. The number of ether oxygens (including phenoxy) is 9. The monoisotopic (exact) mass is 1590 g/mol. The Morgan fingerprint density at radius 3 is 1.19 bits per heavy atom. The quantitative estimate of drug-likeness (QED) is 0.0491. The minimum absolute atomic E-state index is 0.0467. The minimum Gasteiger partial charge on any atom is -0.497 e. The number of benzene rings is 6. The Labute approximate surface area is 676 Å². The van der Waals surface area contributed by atoms with Gasteiger partial charge in [-0.25, -0.2) is 43.1 Å². The van der Waals surface area contributed by atoms with Crippen LogP contribution in [0.2, 0.25) is 0 Å². The highest BCUT2D eigenvalue weighted by Gasteiger charge is 2.29. The molecule has 118 heavy (non-hydrogen) atoms. The fourth-order valence-corrected chi connectivity index (χ4v) is 15.1. The van der Waals surface area contributed by atoms with Gasteiger partial charge in [-0.15, -0.1) is 0 Å². The van der Waals surface area contributed by atoms with Crippen LogP contribution in [0.5, 0.6) is 52.3 Å². The summed E-state index contributed by atoms with van der Waals surface area (Å²) in [5, 5.41) is 44.8. The van der Waals surface area contributed by atoms with Gasteiger partial charge in [0, 0.05) is 177 Å². The number of rotatable bonds is 22. The van der Waals surface area contributed by atoms with Crippen LogP contribution in [0.1, 0.15) is 63.1 Å². The third-order valence-corrected chi connectivity index (χ3v) is 20.7. The van der Waals surface area contributed by atoms with E-state index in [9.17, 15) is 33.6 Å². The first-order valence-electron chi connectivity index (χ1n) is 37.7. The number of aryl methyl sites for hydroxylation is 1. The molecule has 18 rings (SSSR count). The Morgan fingerprint density at radius 1 is 0.381 bits per heavy atom. The van der Waals surface area contributed by atoms with Crippen molar-refractivity contribution in [1.29, 1.82) is 0 Å². The third-order valence-electron chi connectivity index (χ3n) is 20.7. The van der Waals surface area contributed by atoms with Gasteiger partial charge < -0.3 is 81.3 Å². The molecule has 0 atom stereocenters. The average molecular weight is 1590 g/mol. The number of alkyl halides is 2. The van der Waals surface area contributed by atoms with E-state index in [-0.39, 0.29) is 57.9 Å². The highest BCUT2D eigenvalue weighted by molar-refractivity contribution is 6.02. The Hall–Kier alpha value is -13.8. The lowest BCUT2D eigenvalue weighted by Gasteiger charge is -2.14. The Bertz CT molecular complexity index is 6250. The minimum atomic E-state index is -2.92. The normalized spacial score (nSPS) is 11.9. The van der Waals surface area contributed by atoms with Gasteiger partial charge in [0.15, 0.2) is 23.0 Å². The van der Waals surface area contributed by atoms with E-state index in [4.69, 9.17) is 42.6 Å². The molecule has 2 aliphatic rings. The number of hydrogen-bond donors (Lipinski definition) is 4. The van der Waals surface area contributed by atoms with Crippen LogP contribution < -0.4 is 42.6 Å². The summed E-state index contributed by atoms with van der Waals surface area (Å²) in [7, 11) is 7.94. The molecule has 10 aromatic heterocycles. The molecular formula is C92H83F3N10O13. The van der Waals surface area contributed by atoms with E-state index in [1.165, 1.54) is 18.2 Å². The Balaban J connectivity index is 0.000000123. The number of aliphatic hydroxyl groups is 4. The lowest BCUT2D eigenvalue weighted by Crippen LogP contribution is -2.10. The van der Waals surface area contributed by atoms with E-state index < -0.39 is 5.92 Å². The molecule has 2 aliphatic heterocycles. The summed E-state index contributed by atoms with van der Waals surface area (Å²) in [6.45, 7) is 4.19. The Morgan fingerprint density at radius 2 is 0.780 bits per heavy atom. The van der Waals surface area contributed by atoms with E-state index in [1.807, 2.05) is 150 Å². The maximum Gasteiger partial charge on any atom is 0.270 e. The number of halogens is 3. The van der Waals surface area contributed by atoms with Crippen molar-refractivity contribution in [1.82, 2.24) is 48.2 Å². The van der Waals surface area contributed by atoms with Crippen LogP contribution in [-0.4, -0.2) is 118 Å². The molecule has 0 radical (unpaired) electrons. The number of pyridine rings is 6. The fraction of sp³-hybridized carbons (Fsp3) is 0.196. The van der Waals surface area contributed by atoms with Crippen LogP contribution >= 0.6 is 0 Å². The lowest BCUT2D eigenvalue weighted by atomic mass is 10.0. The molecule has 0 saturated heterocycles. The average Bonchev–Trinajstić information content (AvgIpc) is 1.39. The zero-order valence-corrected chi connectivity index (χ0v) is 65.6. The molecule has 0 aliphatic carbocycles. The van der Waals surface area contributed by atoms with Gasteiger partial charge in [0.05, 0.1) is 102 Å². The predicted octanol–water partition coefficient (Wildman–Crippen LogP) is 16.8. The molecule has 0 amide bonds. The molecule has 16 aromatic rings. The van der Waals surface area contributed by atoms with Crippen molar-refractivity contribution in [3.63, 3.8) is 0 Å². The molecule has 6 aromatic carbocycles. The van der Waals surface area contributed by atoms with Crippen LogP contribution in [0.4, 0.5) is 13.2 Å². The molecule has 23 nitrogen and oxygen atoms in total. The van der Waals surface area contributed by atoms with Crippen molar-refractivity contribution < 1.29 is 76.2 Å². The van der Waals surface area contributed by atoms with Crippen LogP contribution in [0.3, 0.4) is 0 Å². The Kier molecular flexibility index (Phi) is 23.6. The van der Waals surface area contributed by atoms with Gasteiger partial charge in [-0.3, -0.25) is 0 Å². The summed E-state index contributed by atoms with van der Waals surface area (Å²) in [6, 6.07) is 59.8. The van der Waals surface area contributed by atoms with Gasteiger partial charge in [0.1, 0.15) is 22.9 Å². The summed E-state index contributed by atoms with van der Waals surface area (Å²) < 4.78 is 98.6. The predicted molar refractivity (Wildman–Crippen MR) is 441 cm³/mol. The molecule has 12 heterocycles. The summed E-state index contributed by atoms with van der Waals surface area (Å²) in [5.41, 5.74) is 17.4. The number of methoxy groups -OCH3 is 5. The highest BCUT2D eigenvalue weighted by Crippen LogP contribution is 2.47. The molecule has 0 fully saturated rings. The molecule has 600 valence electrons. The van der Waals surface area contributed by atoms with Gasteiger partial charge in [-0.1, -0.05) is 72.8 Å². The molecule has 0 saturated carbocycles. The third kappa shape index (κ3) is 16.3.